The molecule has 0 aliphatic carbocycles. The topological polar surface area (TPSA) is 83.3 Å². The Balaban J connectivity index is 2.94. The normalized spacial score (nSPS) is 10.6. The molecule has 0 unspecified atom stereocenters. The predicted octanol–water partition coefficient (Wildman–Crippen LogP) is 1.13. The van der Waals surface area contributed by atoms with Crippen molar-refractivity contribution in [1.82, 2.24) is 4.98 Å². The van der Waals surface area contributed by atoms with Crippen LogP contribution in [0.4, 0.5) is 0 Å². The summed E-state index contributed by atoms with van der Waals surface area (Å²) in [6.07, 6.45) is 0. The number of carbonyl (C=O) groups is 1. The van der Waals surface area contributed by atoms with Gasteiger partial charge in [0.25, 0.3) is 0 Å². The Hall–Kier alpha value is -2.04. The van der Waals surface area contributed by atoms with Crippen LogP contribution in [0.15, 0.2) is 21.3 Å². The third kappa shape index (κ3) is 1.10. The van der Waals surface area contributed by atoms with E-state index < -0.39 is 11.7 Å². The molecule has 72 valence electrons. The third-order valence-electron chi connectivity index (χ3n) is 2.01. The average Bonchev–Trinajstić information content (AvgIpc) is 2.47. The van der Waals surface area contributed by atoms with Gasteiger partial charge in [-0.15, -0.1) is 0 Å². The van der Waals surface area contributed by atoms with E-state index >= 15 is 0 Å². The molecule has 2 rings (SSSR count). The lowest BCUT2D eigenvalue weighted by atomic mass is 10.1. The lowest BCUT2D eigenvalue weighted by Crippen LogP contribution is -1.99. The van der Waals surface area contributed by atoms with Crippen molar-refractivity contribution >= 4 is 17.1 Å². The van der Waals surface area contributed by atoms with Crippen LogP contribution in [0, 0.1) is 6.92 Å². The Morgan fingerprint density at radius 1 is 1.50 bits per heavy atom. The molecule has 14 heavy (non-hydrogen) atoms. The van der Waals surface area contributed by atoms with Crippen molar-refractivity contribution in [3.05, 3.63) is 33.8 Å². The molecule has 0 aliphatic rings. The summed E-state index contributed by atoms with van der Waals surface area (Å²) in [7, 11) is 0. The number of hydrogen-bond donors (Lipinski definition) is 2. The molecule has 5 heteroatoms. The highest BCUT2D eigenvalue weighted by Gasteiger charge is 2.13. The van der Waals surface area contributed by atoms with Crippen molar-refractivity contribution in [1.29, 1.82) is 0 Å². The third-order valence-corrected chi connectivity index (χ3v) is 2.01. The minimum absolute atomic E-state index is 0.0384. The van der Waals surface area contributed by atoms with E-state index in [1.54, 1.807) is 13.0 Å². The van der Waals surface area contributed by atoms with Crippen molar-refractivity contribution in [2.45, 2.75) is 6.92 Å². The maximum absolute atomic E-state index is 10.9. The van der Waals surface area contributed by atoms with E-state index in [1.165, 1.54) is 6.07 Å². The molecule has 0 saturated heterocycles. The van der Waals surface area contributed by atoms with Gasteiger partial charge in [0, 0.05) is 0 Å². The van der Waals surface area contributed by atoms with E-state index in [0.29, 0.717) is 5.58 Å². The lowest BCUT2D eigenvalue weighted by Gasteiger charge is -1.97. The first kappa shape index (κ1) is 8.55. The summed E-state index contributed by atoms with van der Waals surface area (Å²) in [5.74, 6) is -1.73. The summed E-state index contributed by atoms with van der Waals surface area (Å²) < 4.78 is 4.82. The number of nitrogens with one attached hydrogen (secondary N) is 1. The smallest absolute Gasteiger partial charge is 0.417 e. The van der Waals surface area contributed by atoms with Crippen LogP contribution in [0.1, 0.15) is 15.9 Å². The second kappa shape index (κ2) is 2.73. The molecule has 0 bridgehead atoms. The fraction of sp³-hybridized carbons (Fsp3) is 0.111. The van der Waals surface area contributed by atoms with E-state index in [9.17, 15) is 9.59 Å². The Labute approximate surface area is 78.0 Å². The fourth-order valence-corrected chi connectivity index (χ4v) is 1.34. The molecule has 2 aromatic rings. The number of oxazole rings is 1. The van der Waals surface area contributed by atoms with Gasteiger partial charge < -0.3 is 9.52 Å². The van der Waals surface area contributed by atoms with E-state index in [4.69, 9.17) is 9.52 Å². The molecule has 0 radical (unpaired) electrons. The molecule has 2 N–H and O–H groups in total. The van der Waals surface area contributed by atoms with Gasteiger partial charge in [-0.25, -0.2) is 9.59 Å². The number of H-pyrrole nitrogens is 1. The monoisotopic (exact) mass is 193 g/mol. The summed E-state index contributed by atoms with van der Waals surface area (Å²) in [5.41, 5.74) is 1.30. The van der Waals surface area contributed by atoms with E-state index in [2.05, 4.69) is 4.98 Å². The van der Waals surface area contributed by atoms with Gasteiger partial charge in [-0.1, -0.05) is 6.07 Å². The number of carboxylic acids is 1. The quantitative estimate of drug-likeness (QED) is 0.711. The zero-order chi connectivity index (χ0) is 10.3. The Morgan fingerprint density at radius 3 is 2.86 bits per heavy atom. The largest absolute Gasteiger partial charge is 0.478 e. The average molecular weight is 193 g/mol. The van der Waals surface area contributed by atoms with Crippen molar-refractivity contribution in [2.75, 3.05) is 0 Å². The Kier molecular flexibility index (Phi) is 1.67. The Bertz CT molecular complexity index is 564. The van der Waals surface area contributed by atoms with Crippen LogP contribution in [0.25, 0.3) is 11.1 Å². The summed E-state index contributed by atoms with van der Waals surface area (Å²) in [6.45, 7) is 1.74. The van der Waals surface area contributed by atoms with Gasteiger partial charge in [0.2, 0.25) is 0 Å². The van der Waals surface area contributed by atoms with Crippen LogP contribution < -0.4 is 5.76 Å². The highest BCUT2D eigenvalue weighted by molar-refractivity contribution is 6.00. The Morgan fingerprint density at radius 2 is 2.21 bits per heavy atom. The summed E-state index contributed by atoms with van der Waals surface area (Å²) in [5, 5.41) is 8.82. The summed E-state index contributed by atoms with van der Waals surface area (Å²) >= 11 is 0. The van der Waals surface area contributed by atoms with Crippen LogP contribution >= 0.6 is 0 Å². The number of fused-ring (bicyclic) bond motifs is 1. The molecule has 1 aromatic carbocycles. The van der Waals surface area contributed by atoms with Crippen LogP contribution in [0.2, 0.25) is 0 Å². The van der Waals surface area contributed by atoms with Crippen LogP contribution in [0.5, 0.6) is 0 Å². The van der Waals surface area contributed by atoms with Crippen molar-refractivity contribution < 1.29 is 14.3 Å². The highest BCUT2D eigenvalue weighted by Crippen LogP contribution is 2.19. The first-order valence-corrected chi connectivity index (χ1v) is 3.95. The lowest BCUT2D eigenvalue weighted by molar-refractivity contribution is 0.0699. The van der Waals surface area contributed by atoms with Crippen LogP contribution in [0.3, 0.4) is 0 Å². The number of aryl methyl sites for hydroxylation is 1. The molecule has 0 aliphatic heterocycles. The molecule has 5 nitrogen and oxygen atoms in total. The second-order valence-electron chi connectivity index (χ2n) is 2.95. The maximum atomic E-state index is 10.9. The number of benzene rings is 1. The van der Waals surface area contributed by atoms with Crippen molar-refractivity contribution in [2.24, 2.45) is 0 Å². The zero-order valence-corrected chi connectivity index (χ0v) is 7.33. The fourth-order valence-electron chi connectivity index (χ4n) is 1.34. The molecular formula is C9H7NO4. The first-order chi connectivity index (χ1) is 6.59. The highest BCUT2D eigenvalue weighted by atomic mass is 16.4. The predicted molar refractivity (Wildman–Crippen MR) is 48.5 cm³/mol. The minimum atomic E-state index is -1.09. The van der Waals surface area contributed by atoms with E-state index in [1.807, 2.05) is 0 Å². The molecule has 0 atom stereocenters. The summed E-state index contributed by atoms with van der Waals surface area (Å²) in [6, 6.07) is 3.04. The second-order valence-corrected chi connectivity index (χ2v) is 2.95. The molecular weight excluding hydrogens is 186 g/mol. The first-order valence-electron chi connectivity index (χ1n) is 3.95. The number of rotatable bonds is 1. The van der Waals surface area contributed by atoms with Gasteiger partial charge in [-0.05, 0) is 18.6 Å². The van der Waals surface area contributed by atoms with Gasteiger partial charge in [0.1, 0.15) is 5.52 Å². The number of aromatic nitrogens is 1. The van der Waals surface area contributed by atoms with Gasteiger partial charge in [-0.3, -0.25) is 4.98 Å². The van der Waals surface area contributed by atoms with Gasteiger partial charge >= 0.3 is 11.7 Å². The van der Waals surface area contributed by atoms with Crippen molar-refractivity contribution in [3.63, 3.8) is 0 Å². The molecule has 0 amide bonds. The molecule has 1 aromatic heterocycles. The number of aromatic carboxylic acids is 1. The zero-order valence-electron chi connectivity index (χ0n) is 7.33. The number of hydrogen-bond acceptors (Lipinski definition) is 3. The maximum Gasteiger partial charge on any atom is 0.417 e. The van der Waals surface area contributed by atoms with E-state index in [0.717, 1.165) is 5.56 Å². The van der Waals surface area contributed by atoms with Crippen molar-refractivity contribution in [3.8, 4) is 0 Å². The SMILES string of the molecule is Cc1ccc(C(=O)O)c2[nH]c(=O)oc12. The standard InChI is InChI=1S/C9H7NO4/c1-4-2-3-5(8(11)12)6-7(4)14-9(13)10-6/h2-3H,1H3,(H,10,13)(H,11,12). The molecule has 1 heterocycles. The minimum Gasteiger partial charge on any atom is -0.478 e. The van der Waals surface area contributed by atoms with Crippen LogP contribution in [-0.4, -0.2) is 16.1 Å². The van der Waals surface area contributed by atoms with Gasteiger partial charge in [0.15, 0.2) is 5.58 Å². The van der Waals surface area contributed by atoms with Gasteiger partial charge in [-0.2, -0.15) is 0 Å². The van der Waals surface area contributed by atoms with Gasteiger partial charge in [0.05, 0.1) is 5.56 Å². The number of carboxylic acid groups (broad SMARTS) is 1. The summed E-state index contributed by atoms with van der Waals surface area (Å²) in [4.78, 5) is 24.0. The molecule has 0 fully saturated rings. The molecule has 0 saturated carbocycles. The van der Waals surface area contributed by atoms with E-state index in [-0.39, 0.29) is 11.1 Å². The van der Waals surface area contributed by atoms with Crippen LogP contribution in [-0.2, 0) is 0 Å². The molecule has 0 spiro atoms. The number of aromatic amines is 1.